The summed E-state index contributed by atoms with van der Waals surface area (Å²) in [6.45, 7) is 7.78. The van der Waals surface area contributed by atoms with E-state index in [1.54, 1.807) is 0 Å². The Labute approximate surface area is 179 Å². The highest BCUT2D eigenvalue weighted by atomic mass is 16.6. The molecular weight excluding hydrogens is 376 g/mol. The number of likely N-dealkylation sites (tertiary alicyclic amines) is 1. The maximum Gasteiger partial charge on any atom is 0.407 e. The van der Waals surface area contributed by atoms with Gasteiger partial charge in [-0.3, -0.25) is 4.79 Å². The second-order valence-corrected chi connectivity index (χ2v) is 10.7. The molecule has 4 aliphatic rings. The van der Waals surface area contributed by atoms with Crippen LogP contribution in [-0.2, 0) is 20.4 Å². The molecule has 2 atom stereocenters. The Morgan fingerprint density at radius 2 is 1.77 bits per heavy atom. The number of hydrogen-bond acceptors (Lipinski definition) is 3. The van der Waals surface area contributed by atoms with Crippen LogP contribution in [0, 0.1) is 11.8 Å². The lowest BCUT2D eigenvalue weighted by atomic mass is 9.78. The third kappa shape index (κ3) is 3.50. The van der Waals surface area contributed by atoms with Gasteiger partial charge in [-0.2, -0.15) is 0 Å². The summed E-state index contributed by atoms with van der Waals surface area (Å²) >= 11 is 0. The Kier molecular flexibility index (Phi) is 4.64. The molecular formula is C25H34N2O3. The molecule has 0 radical (unpaired) electrons. The first-order valence-corrected chi connectivity index (χ1v) is 11.7. The lowest BCUT2D eigenvalue weighted by molar-refractivity contribution is -0.140. The maximum absolute atomic E-state index is 12.9. The highest BCUT2D eigenvalue weighted by Crippen LogP contribution is 2.59. The highest BCUT2D eigenvalue weighted by molar-refractivity contribution is 5.80. The first-order chi connectivity index (χ1) is 14.3. The Bertz CT molecular complexity index is 838. The normalized spacial score (nSPS) is 33.3. The molecule has 162 valence electrons. The number of carbonyl (C=O) groups excluding carboxylic acids is 2. The van der Waals surface area contributed by atoms with Crippen molar-refractivity contribution in [1.82, 2.24) is 10.2 Å². The van der Waals surface area contributed by atoms with Gasteiger partial charge < -0.3 is 15.0 Å². The number of piperidine rings is 1. The van der Waals surface area contributed by atoms with Crippen molar-refractivity contribution in [2.75, 3.05) is 13.1 Å². The predicted molar refractivity (Wildman–Crippen MR) is 115 cm³/mol. The number of ether oxygens (including phenoxy) is 1. The van der Waals surface area contributed by atoms with Gasteiger partial charge in [-0.15, -0.1) is 0 Å². The third-order valence-electron chi connectivity index (χ3n) is 8.12. The van der Waals surface area contributed by atoms with Gasteiger partial charge in [0.1, 0.15) is 0 Å². The largest absolute Gasteiger partial charge is 0.447 e. The molecule has 2 amide bonds. The molecule has 30 heavy (non-hydrogen) atoms. The fourth-order valence-electron chi connectivity index (χ4n) is 5.61. The van der Waals surface area contributed by atoms with Crippen LogP contribution in [0.4, 0.5) is 4.79 Å². The molecule has 0 spiro atoms. The molecule has 1 saturated heterocycles. The van der Waals surface area contributed by atoms with Crippen molar-refractivity contribution >= 4 is 12.0 Å². The maximum atomic E-state index is 12.9. The number of amides is 2. The number of benzene rings is 1. The molecule has 1 aromatic rings. The summed E-state index contributed by atoms with van der Waals surface area (Å²) in [5.74, 6) is 0.939. The van der Waals surface area contributed by atoms with Gasteiger partial charge in [0.2, 0.25) is 5.91 Å². The van der Waals surface area contributed by atoms with Crippen molar-refractivity contribution < 1.29 is 14.3 Å². The topological polar surface area (TPSA) is 58.6 Å². The van der Waals surface area contributed by atoms with Crippen molar-refractivity contribution in [2.45, 2.75) is 82.3 Å². The summed E-state index contributed by atoms with van der Waals surface area (Å²) in [6, 6.07) is 9.47. The zero-order valence-corrected chi connectivity index (χ0v) is 18.4. The van der Waals surface area contributed by atoms with E-state index in [0.717, 1.165) is 32.4 Å². The van der Waals surface area contributed by atoms with Crippen LogP contribution >= 0.6 is 0 Å². The summed E-state index contributed by atoms with van der Waals surface area (Å²) in [7, 11) is 0. The lowest BCUT2D eigenvalue weighted by Crippen LogP contribution is -2.52. The quantitative estimate of drug-likeness (QED) is 0.794. The lowest BCUT2D eigenvalue weighted by Gasteiger charge is -2.40. The van der Waals surface area contributed by atoms with Crippen LogP contribution in [0.25, 0.3) is 0 Å². The first-order valence-electron chi connectivity index (χ1n) is 11.7. The fourth-order valence-corrected chi connectivity index (χ4v) is 5.61. The molecule has 0 aromatic heterocycles. The summed E-state index contributed by atoms with van der Waals surface area (Å²) in [5, 5.41) is 2.87. The van der Waals surface area contributed by atoms with Gasteiger partial charge in [0, 0.05) is 30.5 Å². The molecule has 1 N–H and O–H groups in total. The predicted octanol–water partition coefficient (Wildman–Crippen LogP) is 4.14. The molecule has 3 saturated carbocycles. The summed E-state index contributed by atoms with van der Waals surface area (Å²) < 4.78 is 5.13. The average Bonchev–Trinajstić information content (AvgIpc) is 3.59. The molecule has 0 bridgehead atoms. The molecule has 1 aromatic carbocycles. The van der Waals surface area contributed by atoms with Gasteiger partial charge in [-0.05, 0) is 74.8 Å². The Morgan fingerprint density at radius 1 is 1.10 bits per heavy atom. The van der Waals surface area contributed by atoms with E-state index >= 15 is 0 Å². The van der Waals surface area contributed by atoms with E-state index in [0.29, 0.717) is 16.7 Å². The minimum Gasteiger partial charge on any atom is -0.447 e. The minimum absolute atomic E-state index is 0.0548. The van der Waals surface area contributed by atoms with E-state index in [1.807, 2.05) is 13.8 Å². The second-order valence-electron chi connectivity index (χ2n) is 10.7. The van der Waals surface area contributed by atoms with Crippen molar-refractivity contribution in [2.24, 2.45) is 11.8 Å². The van der Waals surface area contributed by atoms with Crippen LogP contribution in [0.15, 0.2) is 24.3 Å². The van der Waals surface area contributed by atoms with Crippen molar-refractivity contribution in [1.29, 1.82) is 0 Å². The van der Waals surface area contributed by atoms with Crippen LogP contribution in [0.5, 0.6) is 0 Å². The molecule has 5 heteroatoms. The van der Waals surface area contributed by atoms with Gasteiger partial charge in [-0.1, -0.05) is 31.2 Å². The monoisotopic (exact) mass is 410 g/mol. The number of alkyl carbamates (subject to hydrolysis) is 1. The zero-order valence-electron chi connectivity index (χ0n) is 18.4. The molecule has 5 nitrogen and oxygen atoms in total. The van der Waals surface area contributed by atoms with E-state index in [1.165, 1.54) is 30.4 Å². The van der Waals surface area contributed by atoms with Gasteiger partial charge in [0.15, 0.2) is 0 Å². The molecule has 1 heterocycles. The van der Waals surface area contributed by atoms with Gasteiger partial charge in [0.25, 0.3) is 0 Å². The first kappa shape index (κ1) is 19.9. The molecule has 3 aliphatic carbocycles. The number of carbonyl (C=O) groups is 2. The highest BCUT2D eigenvalue weighted by Gasteiger charge is 2.58. The van der Waals surface area contributed by atoms with E-state index in [9.17, 15) is 9.59 Å². The average molecular weight is 411 g/mol. The number of nitrogens with zero attached hydrogens (tertiary/aromatic N) is 1. The number of nitrogens with one attached hydrogen (secondary N) is 1. The Hall–Kier alpha value is -2.04. The van der Waals surface area contributed by atoms with Crippen LogP contribution in [0.3, 0.4) is 0 Å². The van der Waals surface area contributed by atoms with Crippen LogP contribution < -0.4 is 5.32 Å². The Morgan fingerprint density at radius 3 is 2.37 bits per heavy atom. The fraction of sp³-hybridized carbons (Fsp3) is 0.680. The van der Waals surface area contributed by atoms with Crippen molar-refractivity contribution in [3.05, 3.63) is 35.4 Å². The standard InChI is InChI=1S/C25H34N2O3/c1-16(2)30-23(29)26-21-12-17(13-21)22(28)27-11-10-25(14-20(25)15-27)19-6-4-18(5-7-19)24(3)8-9-24/h4-7,16-17,20-21H,8-15H2,1-3H3,(H,26,29). The summed E-state index contributed by atoms with van der Waals surface area (Å²) in [4.78, 5) is 26.7. The van der Waals surface area contributed by atoms with E-state index in [2.05, 4.69) is 41.4 Å². The van der Waals surface area contributed by atoms with Gasteiger partial charge >= 0.3 is 6.09 Å². The third-order valence-corrected chi connectivity index (χ3v) is 8.12. The Balaban J connectivity index is 1.12. The second kappa shape index (κ2) is 7.00. The number of fused-ring (bicyclic) bond motifs is 1. The van der Waals surface area contributed by atoms with E-state index in [-0.39, 0.29) is 30.1 Å². The smallest absolute Gasteiger partial charge is 0.407 e. The summed E-state index contributed by atoms with van der Waals surface area (Å²) in [6.07, 6.45) is 5.89. The summed E-state index contributed by atoms with van der Waals surface area (Å²) in [5.41, 5.74) is 3.70. The molecule has 4 fully saturated rings. The van der Waals surface area contributed by atoms with Crippen molar-refractivity contribution in [3.8, 4) is 0 Å². The van der Waals surface area contributed by atoms with Gasteiger partial charge in [0.05, 0.1) is 6.10 Å². The van der Waals surface area contributed by atoms with Gasteiger partial charge in [-0.25, -0.2) is 4.79 Å². The number of rotatable bonds is 5. The molecule has 2 unspecified atom stereocenters. The minimum atomic E-state index is -0.372. The van der Waals surface area contributed by atoms with Crippen molar-refractivity contribution in [3.63, 3.8) is 0 Å². The van der Waals surface area contributed by atoms with Crippen LogP contribution in [0.1, 0.15) is 70.4 Å². The van der Waals surface area contributed by atoms with E-state index < -0.39 is 0 Å². The molecule has 1 aliphatic heterocycles. The van der Waals surface area contributed by atoms with E-state index in [4.69, 9.17) is 4.74 Å². The van der Waals surface area contributed by atoms with Crippen LogP contribution in [-0.4, -0.2) is 42.1 Å². The number of hydrogen-bond donors (Lipinski definition) is 1. The van der Waals surface area contributed by atoms with Crippen LogP contribution in [0.2, 0.25) is 0 Å². The molecule has 5 rings (SSSR count). The SMILES string of the molecule is CC(C)OC(=O)NC1CC(C(=O)N2CCC3(c4ccc(C5(C)CC5)cc4)CC3C2)C1. The zero-order chi connectivity index (χ0) is 21.1.